The maximum atomic E-state index is 15.0. The molecule has 0 fully saturated rings. The molecule has 2 atom stereocenters. The fraction of sp³-hybridized carbons (Fsp3) is 0.192. The Morgan fingerprint density at radius 2 is 1.76 bits per heavy atom. The van der Waals surface area contributed by atoms with Gasteiger partial charge in [-0.15, -0.1) is 0 Å². The number of aromatic nitrogens is 1. The van der Waals surface area contributed by atoms with Crippen molar-refractivity contribution in [2.24, 2.45) is 0 Å². The molecule has 1 heterocycles. The minimum Gasteiger partial charge on any atom is -0.387 e. The van der Waals surface area contributed by atoms with Crippen LogP contribution in [0.4, 0.5) is 14.5 Å². The van der Waals surface area contributed by atoms with Gasteiger partial charge in [-0.1, -0.05) is 54.1 Å². The molecule has 33 heavy (non-hydrogen) atoms. The summed E-state index contributed by atoms with van der Waals surface area (Å²) in [7, 11) is 1.76. The molecule has 3 N–H and O–H groups in total. The number of anilines is 1. The van der Waals surface area contributed by atoms with Gasteiger partial charge >= 0.3 is 0 Å². The molecule has 0 saturated heterocycles. The zero-order valence-electron chi connectivity index (χ0n) is 18.2. The van der Waals surface area contributed by atoms with Crippen molar-refractivity contribution in [3.8, 4) is 11.1 Å². The van der Waals surface area contributed by atoms with E-state index in [2.05, 4.69) is 15.6 Å². The topological polar surface area (TPSA) is 57.2 Å². The lowest BCUT2D eigenvalue weighted by atomic mass is 9.99. The van der Waals surface area contributed by atoms with E-state index in [1.807, 2.05) is 6.92 Å². The van der Waals surface area contributed by atoms with Crippen LogP contribution in [0.5, 0.6) is 0 Å². The third-order valence-corrected chi connectivity index (χ3v) is 5.93. The number of benzene rings is 3. The summed E-state index contributed by atoms with van der Waals surface area (Å²) >= 11 is 6.45. The van der Waals surface area contributed by atoms with Crippen LogP contribution in [0.1, 0.15) is 30.2 Å². The lowest BCUT2D eigenvalue weighted by molar-refractivity contribution is 0.178. The summed E-state index contributed by atoms with van der Waals surface area (Å²) in [5.41, 5.74) is 3.26. The monoisotopic (exact) mass is 467 g/mol. The van der Waals surface area contributed by atoms with Gasteiger partial charge < -0.3 is 15.7 Å². The van der Waals surface area contributed by atoms with Crippen molar-refractivity contribution in [2.75, 3.05) is 18.9 Å². The second-order valence-corrected chi connectivity index (χ2v) is 8.32. The van der Waals surface area contributed by atoms with Crippen LogP contribution in [0.25, 0.3) is 22.0 Å². The highest BCUT2D eigenvalue weighted by molar-refractivity contribution is 6.34. The summed E-state index contributed by atoms with van der Waals surface area (Å²) in [5, 5.41) is 17.3. The van der Waals surface area contributed by atoms with Gasteiger partial charge in [0.15, 0.2) is 0 Å². The molecule has 0 spiro atoms. The molecule has 0 aliphatic rings. The van der Waals surface area contributed by atoms with Crippen molar-refractivity contribution in [1.29, 1.82) is 0 Å². The molecule has 7 heteroatoms. The Labute approximate surface area is 196 Å². The number of aliphatic hydroxyl groups excluding tert-OH is 1. The zero-order valence-corrected chi connectivity index (χ0v) is 19.0. The Hall–Kier alpha value is -3.06. The van der Waals surface area contributed by atoms with Crippen molar-refractivity contribution in [3.63, 3.8) is 0 Å². The molecule has 1 aromatic heterocycles. The van der Waals surface area contributed by atoms with Crippen LogP contribution in [0.15, 0.2) is 66.9 Å². The van der Waals surface area contributed by atoms with Crippen LogP contribution >= 0.6 is 11.6 Å². The fourth-order valence-electron chi connectivity index (χ4n) is 3.87. The van der Waals surface area contributed by atoms with Crippen molar-refractivity contribution in [3.05, 3.63) is 94.6 Å². The van der Waals surface area contributed by atoms with E-state index in [-0.39, 0.29) is 11.9 Å². The number of pyridine rings is 1. The van der Waals surface area contributed by atoms with Crippen molar-refractivity contribution in [2.45, 2.75) is 19.1 Å². The van der Waals surface area contributed by atoms with Crippen molar-refractivity contribution < 1.29 is 13.9 Å². The minimum atomic E-state index is -0.649. The zero-order chi connectivity index (χ0) is 23.5. The van der Waals surface area contributed by atoms with Crippen molar-refractivity contribution in [1.82, 2.24) is 10.3 Å². The predicted molar refractivity (Wildman–Crippen MR) is 129 cm³/mol. The molecule has 4 aromatic rings. The number of likely N-dealkylation sites (N-methyl/N-ethyl adjacent to an activating group) is 1. The van der Waals surface area contributed by atoms with Gasteiger partial charge in [-0.3, -0.25) is 4.98 Å². The molecule has 0 aliphatic carbocycles. The molecule has 170 valence electrons. The van der Waals surface area contributed by atoms with Gasteiger partial charge in [0.25, 0.3) is 0 Å². The largest absolute Gasteiger partial charge is 0.387 e. The molecule has 0 radical (unpaired) electrons. The van der Waals surface area contributed by atoms with Crippen LogP contribution in [-0.2, 0) is 0 Å². The number of hydrogen-bond donors (Lipinski definition) is 3. The molecule has 3 aromatic carbocycles. The normalized spacial score (nSPS) is 13.2. The number of rotatable bonds is 7. The molecule has 0 amide bonds. The summed E-state index contributed by atoms with van der Waals surface area (Å²) in [4.78, 5) is 4.27. The number of nitrogens with zero attached hydrogens (tertiary/aromatic N) is 1. The van der Waals surface area contributed by atoms with Gasteiger partial charge in [-0.2, -0.15) is 0 Å². The first kappa shape index (κ1) is 23.1. The smallest absolute Gasteiger partial charge is 0.133 e. The first-order chi connectivity index (χ1) is 15.9. The second-order valence-electron chi connectivity index (χ2n) is 7.91. The van der Waals surface area contributed by atoms with Gasteiger partial charge in [-0.25, -0.2) is 8.78 Å². The van der Waals surface area contributed by atoms with E-state index in [1.54, 1.807) is 55.6 Å². The van der Waals surface area contributed by atoms with Crippen LogP contribution in [0.2, 0.25) is 5.02 Å². The van der Waals surface area contributed by atoms with Crippen LogP contribution in [0.3, 0.4) is 0 Å². The van der Waals surface area contributed by atoms with E-state index in [0.29, 0.717) is 44.8 Å². The lowest BCUT2D eigenvalue weighted by Crippen LogP contribution is -2.16. The second kappa shape index (κ2) is 9.83. The molecule has 4 nitrogen and oxygen atoms in total. The number of fused-ring (bicyclic) bond motifs is 1. The Morgan fingerprint density at radius 1 is 1.03 bits per heavy atom. The van der Waals surface area contributed by atoms with E-state index in [9.17, 15) is 13.9 Å². The Kier molecular flexibility index (Phi) is 6.88. The van der Waals surface area contributed by atoms with Crippen molar-refractivity contribution >= 4 is 28.2 Å². The molecule has 2 unspecified atom stereocenters. The van der Waals surface area contributed by atoms with Gasteiger partial charge in [0.2, 0.25) is 0 Å². The van der Waals surface area contributed by atoms with E-state index >= 15 is 0 Å². The molecule has 0 bridgehead atoms. The SMILES string of the molecule is CNCC(O)c1ccc(-c2cc3c(NC(C)c4ccccc4F)c(Cl)cnc3cc2F)cc1. The Balaban J connectivity index is 1.75. The quantitative estimate of drug-likeness (QED) is 0.300. The number of hydrogen-bond acceptors (Lipinski definition) is 4. The first-order valence-electron chi connectivity index (χ1n) is 10.6. The first-order valence-corrected chi connectivity index (χ1v) is 11.0. The maximum absolute atomic E-state index is 15.0. The van der Waals surface area contributed by atoms with E-state index in [0.717, 1.165) is 5.56 Å². The van der Waals surface area contributed by atoms with Gasteiger partial charge in [0.1, 0.15) is 11.6 Å². The van der Waals surface area contributed by atoms with Crippen LogP contribution in [-0.4, -0.2) is 23.7 Å². The highest BCUT2D eigenvalue weighted by atomic mass is 35.5. The summed E-state index contributed by atoms with van der Waals surface area (Å²) in [6.07, 6.45) is 0.807. The number of aliphatic hydroxyl groups is 1. The number of nitrogens with one attached hydrogen (secondary N) is 2. The highest BCUT2D eigenvalue weighted by Crippen LogP contribution is 2.36. The average Bonchev–Trinajstić information content (AvgIpc) is 2.81. The number of halogens is 3. The summed E-state index contributed by atoms with van der Waals surface area (Å²) in [6, 6.07) is 16.3. The lowest BCUT2D eigenvalue weighted by Gasteiger charge is -2.19. The van der Waals surface area contributed by atoms with E-state index < -0.39 is 11.9 Å². The molecule has 0 aliphatic heterocycles. The van der Waals surface area contributed by atoms with Gasteiger partial charge in [-0.05, 0) is 37.2 Å². The Morgan fingerprint density at radius 3 is 2.45 bits per heavy atom. The summed E-state index contributed by atoms with van der Waals surface area (Å²) < 4.78 is 29.3. The van der Waals surface area contributed by atoms with Gasteiger partial charge in [0.05, 0.1) is 28.4 Å². The molecule has 0 saturated carbocycles. The van der Waals surface area contributed by atoms with E-state index in [4.69, 9.17) is 11.6 Å². The highest BCUT2D eigenvalue weighted by Gasteiger charge is 2.17. The third-order valence-electron chi connectivity index (χ3n) is 5.65. The fourth-order valence-corrected chi connectivity index (χ4v) is 4.08. The minimum absolute atomic E-state index is 0.320. The van der Waals surface area contributed by atoms with Crippen LogP contribution < -0.4 is 10.6 Å². The van der Waals surface area contributed by atoms with Crippen LogP contribution in [0, 0.1) is 11.6 Å². The maximum Gasteiger partial charge on any atom is 0.133 e. The molecule has 4 rings (SSSR count). The Bertz CT molecular complexity index is 1280. The third kappa shape index (κ3) is 4.83. The summed E-state index contributed by atoms with van der Waals surface area (Å²) in [6.45, 7) is 2.25. The van der Waals surface area contributed by atoms with E-state index in [1.165, 1.54) is 18.3 Å². The standard InChI is InChI=1S/C26H24ClF2N3O/c1-15(18-5-3-4-6-22(18)28)32-26-20-11-19(23(29)12-24(20)31-13-21(26)27)16-7-9-17(10-8-16)25(33)14-30-2/h3-13,15,25,30,33H,14H2,1-2H3,(H,31,32). The molecular formula is C26H24ClF2N3O. The molecular weight excluding hydrogens is 444 g/mol. The van der Waals surface area contributed by atoms with Gasteiger partial charge in [0, 0.05) is 35.3 Å². The average molecular weight is 468 g/mol. The summed E-state index contributed by atoms with van der Waals surface area (Å²) in [5.74, 6) is -0.742. The predicted octanol–water partition coefficient (Wildman–Crippen LogP) is 6.26.